The maximum atomic E-state index is 14.5. The molecule has 0 radical (unpaired) electrons. The smallest absolute Gasteiger partial charge is 0.260 e. The summed E-state index contributed by atoms with van der Waals surface area (Å²) in [6, 6.07) is 21.2. The van der Waals surface area contributed by atoms with Crippen molar-refractivity contribution >= 4 is 0 Å². The number of nitriles is 2. The highest BCUT2D eigenvalue weighted by Crippen LogP contribution is 2.69. The van der Waals surface area contributed by atoms with Gasteiger partial charge in [-0.25, -0.2) is 13.8 Å². The Hall–Kier alpha value is -4.09. The zero-order valence-corrected chi connectivity index (χ0v) is 22.3. The maximum Gasteiger partial charge on any atom is 0.260 e. The number of aromatic nitrogens is 1. The highest BCUT2D eigenvalue weighted by molar-refractivity contribution is 5.60. The number of nitrogens with zero attached hydrogens (tertiary/aromatic N) is 4. The first-order chi connectivity index (χ1) is 19.7. The number of aliphatic hydroxyl groups is 2. The Bertz CT molecular complexity index is 1560. The molecule has 6 rings (SSSR count). The Balaban J connectivity index is 1.61. The lowest BCUT2D eigenvalue weighted by molar-refractivity contribution is -0.153. The van der Waals surface area contributed by atoms with Crippen LogP contribution in [0.3, 0.4) is 0 Å². The number of fused-ring (bicyclic) bond motifs is 3. The van der Waals surface area contributed by atoms with Crippen molar-refractivity contribution in [2.75, 3.05) is 26.7 Å². The molecule has 1 aromatic heterocycles. The molecule has 2 N–H and O–H groups in total. The van der Waals surface area contributed by atoms with Gasteiger partial charge in [0.25, 0.3) is 5.92 Å². The van der Waals surface area contributed by atoms with Gasteiger partial charge in [-0.05, 0) is 36.2 Å². The maximum absolute atomic E-state index is 14.5. The average molecular weight is 559 g/mol. The van der Waals surface area contributed by atoms with Gasteiger partial charge in [-0.3, -0.25) is 4.90 Å². The van der Waals surface area contributed by atoms with Crippen LogP contribution in [0.5, 0.6) is 11.6 Å². The summed E-state index contributed by atoms with van der Waals surface area (Å²) in [5.74, 6) is -4.31. The average Bonchev–Trinajstić information content (AvgIpc) is 3.34. The SMILES string of the molecule is COc1nc(C#N)cc2c1[C@]1(O)[C@H](O)[C@H](CN3CCCC(F)(F)C3)[C@@H](c3ccccc3)[C@]1(c1ccc(C#N)cc1)O2. The van der Waals surface area contributed by atoms with Crippen LogP contribution in [0.4, 0.5) is 8.78 Å². The van der Waals surface area contributed by atoms with E-state index in [-0.39, 0.29) is 35.9 Å². The molecule has 2 fully saturated rings. The number of piperidine rings is 1. The Labute approximate surface area is 236 Å². The van der Waals surface area contributed by atoms with E-state index in [4.69, 9.17) is 9.47 Å². The number of halogens is 2. The molecule has 3 heterocycles. The monoisotopic (exact) mass is 558 g/mol. The molecule has 1 saturated heterocycles. The lowest BCUT2D eigenvalue weighted by Gasteiger charge is -2.41. The van der Waals surface area contributed by atoms with Crippen LogP contribution in [0.25, 0.3) is 0 Å². The Kier molecular flexibility index (Phi) is 6.46. The third kappa shape index (κ3) is 3.98. The molecule has 10 heteroatoms. The van der Waals surface area contributed by atoms with E-state index in [1.807, 2.05) is 36.4 Å². The third-order valence-corrected chi connectivity index (χ3v) is 8.72. The molecule has 0 spiro atoms. The molecule has 2 aliphatic heterocycles. The van der Waals surface area contributed by atoms with Crippen LogP contribution >= 0.6 is 0 Å². The molecule has 5 atom stereocenters. The molecular weight excluding hydrogens is 530 g/mol. The second kappa shape index (κ2) is 9.78. The predicted molar refractivity (Wildman–Crippen MR) is 142 cm³/mol. The van der Waals surface area contributed by atoms with Gasteiger partial charge in [0.15, 0.2) is 11.2 Å². The van der Waals surface area contributed by atoms with Gasteiger partial charge in [0.05, 0.1) is 37.0 Å². The molecule has 1 saturated carbocycles. The van der Waals surface area contributed by atoms with Crippen molar-refractivity contribution in [3.63, 3.8) is 0 Å². The number of likely N-dealkylation sites (tertiary alicyclic amines) is 1. The fourth-order valence-electron chi connectivity index (χ4n) is 7.13. The number of benzene rings is 2. The molecule has 0 amide bonds. The molecule has 2 aromatic carbocycles. The summed E-state index contributed by atoms with van der Waals surface area (Å²) in [6.45, 7) is 0.0473. The van der Waals surface area contributed by atoms with Crippen molar-refractivity contribution in [2.24, 2.45) is 5.92 Å². The highest BCUT2D eigenvalue weighted by atomic mass is 19.3. The molecule has 0 bridgehead atoms. The van der Waals surface area contributed by atoms with Crippen LogP contribution in [0.15, 0.2) is 60.7 Å². The number of rotatable bonds is 5. The van der Waals surface area contributed by atoms with Gasteiger partial charge in [-0.15, -0.1) is 0 Å². The van der Waals surface area contributed by atoms with Crippen molar-refractivity contribution in [3.8, 4) is 23.8 Å². The number of hydrogen-bond donors (Lipinski definition) is 2. The van der Waals surface area contributed by atoms with Crippen LogP contribution in [0, 0.1) is 28.6 Å². The number of alkyl halides is 2. The minimum atomic E-state index is -2.86. The van der Waals surface area contributed by atoms with Gasteiger partial charge in [0.1, 0.15) is 17.5 Å². The summed E-state index contributed by atoms with van der Waals surface area (Å²) in [4.78, 5) is 5.88. The molecule has 3 aromatic rings. The van der Waals surface area contributed by atoms with E-state index < -0.39 is 41.6 Å². The van der Waals surface area contributed by atoms with E-state index in [0.29, 0.717) is 24.1 Å². The summed E-state index contributed by atoms with van der Waals surface area (Å²) in [6.07, 6.45) is -1.40. The largest absolute Gasteiger partial charge is 0.481 e. The first-order valence-electron chi connectivity index (χ1n) is 13.4. The van der Waals surface area contributed by atoms with Crippen molar-refractivity contribution in [2.45, 2.75) is 42.0 Å². The minimum Gasteiger partial charge on any atom is -0.481 e. The van der Waals surface area contributed by atoms with Gasteiger partial charge < -0.3 is 19.7 Å². The number of aliphatic hydroxyl groups excluding tert-OH is 1. The van der Waals surface area contributed by atoms with Gasteiger partial charge in [0, 0.05) is 30.9 Å². The lowest BCUT2D eigenvalue weighted by Crippen LogP contribution is -2.52. The second-order valence-electron chi connectivity index (χ2n) is 11.0. The Morgan fingerprint density at radius 3 is 2.49 bits per heavy atom. The van der Waals surface area contributed by atoms with Crippen LogP contribution in [-0.4, -0.2) is 58.9 Å². The minimum absolute atomic E-state index is 0.00278. The van der Waals surface area contributed by atoms with Crippen molar-refractivity contribution in [3.05, 3.63) is 88.6 Å². The first kappa shape index (κ1) is 27.1. The normalized spacial score (nSPS) is 30.0. The van der Waals surface area contributed by atoms with E-state index in [2.05, 4.69) is 11.1 Å². The molecule has 210 valence electrons. The van der Waals surface area contributed by atoms with Gasteiger partial charge in [-0.2, -0.15) is 10.5 Å². The van der Waals surface area contributed by atoms with E-state index in [1.165, 1.54) is 13.2 Å². The Morgan fingerprint density at radius 2 is 1.85 bits per heavy atom. The van der Waals surface area contributed by atoms with Crippen LogP contribution in [-0.2, 0) is 11.2 Å². The van der Waals surface area contributed by atoms with E-state index in [1.54, 1.807) is 29.2 Å². The summed E-state index contributed by atoms with van der Waals surface area (Å²) in [5, 5.41) is 44.1. The van der Waals surface area contributed by atoms with E-state index in [0.717, 1.165) is 5.56 Å². The molecule has 3 aliphatic rings. The third-order valence-electron chi connectivity index (χ3n) is 8.72. The zero-order chi connectivity index (χ0) is 29.0. The summed E-state index contributed by atoms with van der Waals surface area (Å²) >= 11 is 0. The topological polar surface area (TPSA) is 123 Å². The van der Waals surface area contributed by atoms with Gasteiger partial charge in [0.2, 0.25) is 5.88 Å². The van der Waals surface area contributed by atoms with E-state index >= 15 is 0 Å². The van der Waals surface area contributed by atoms with Crippen molar-refractivity contribution in [1.82, 2.24) is 9.88 Å². The predicted octanol–water partition coefficient (Wildman–Crippen LogP) is 3.81. The van der Waals surface area contributed by atoms with Crippen LogP contribution < -0.4 is 9.47 Å². The first-order valence-corrected chi connectivity index (χ1v) is 13.4. The standard InChI is InChI=1S/C31H28F2N4O4/c1-40-28-26-24(14-22(16-35)36-28)41-31(21-10-8-19(15-34)9-11-21)25(20-6-3-2-4-7-20)23(27(38)30(26,31)39)17-37-13-5-12-29(32,33)18-37/h2-4,6-11,14,23,25,27,38-39H,5,12-13,17-18H2,1H3/t23-,25-,27-,30+,31+/m1/s1. The molecule has 8 nitrogen and oxygen atoms in total. The molecular formula is C31H28F2N4O4. The molecule has 0 unspecified atom stereocenters. The summed E-state index contributed by atoms with van der Waals surface area (Å²) in [5.41, 5.74) is -2.18. The number of methoxy groups -OCH3 is 1. The number of pyridine rings is 1. The molecule has 1 aliphatic carbocycles. The second-order valence-corrected chi connectivity index (χ2v) is 11.0. The van der Waals surface area contributed by atoms with Crippen LogP contribution in [0.2, 0.25) is 0 Å². The van der Waals surface area contributed by atoms with Crippen molar-refractivity contribution in [1.29, 1.82) is 10.5 Å². The molecule has 41 heavy (non-hydrogen) atoms. The Morgan fingerprint density at radius 1 is 1.12 bits per heavy atom. The van der Waals surface area contributed by atoms with Gasteiger partial charge in [-0.1, -0.05) is 42.5 Å². The number of hydrogen-bond acceptors (Lipinski definition) is 8. The van der Waals surface area contributed by atoms with Crippen molar-refractivity contribution < 1.29 is 28.5 Å². The summed E-state index contributed by atoms with van der Waals surface area (Å²) < 4.78 is 41.2. The fourth-order valence-corrected chi connectivity index (χ4v) is 7.13. The van der Waals surface area contributed by atoms with Crippen LogP contribution in [0.1, 0.15) is 46.7 Å². The highest BCUT2D eigenvalue weighted by Gasteiger charge is 2.77. The van der Waals surface area contributed by atoms with Gasteiger partial charge >= 0.3 is 0 Å². The fraction of sp³-hybridized carbons (Fsp3) is 0.387. The lowest BCUT2D eigenvalue weighted by atomic mass is 9.70. The quantitative estimate of drug-likeness (QED) is 0.485. The zero-order valence-electron chi connectivity index (χ0n) is 22.3. The summed E-state index contributed by atoms with van der Waals surface area (Å²) in [7, 11) is 1.35. The van der Waals surface area contributed by atoms with E-state index in [9.17, 15) is 29.5 Å². The number of ether oxygens (including phenoxy) is 2.